The first-order valence-electron chi connectivity index (χ1n) is 8.21. The number of benzene rings is 3. The maximum atomic E-state index is 6.32. The quantitative estimate of drug-likeness (QED) is 0.439. The Labute approximate surface area is 159 Å². The summed E-state index contributed by atoms with van der Waals surface area (Å²) in [4.78, 5) is 0. The van der Waals surface area contributed by atoms with Crippen molar-refractivity contribution >= 4 is 46.4 Å². The molecular weight excluding hydrogens is 393 g/mol. The molecular formula is C22H18ClNSe. The van der Waals surface area contributed by atoms with Crippen molar-refractivity contribution in [2.24, 2.45) is 7.05 Å². The molecule has 0 saturated carbocycles. The average molecular weight is 411 g/mol. The van der Waals surface area contributed by atoms with Crippen molar-refractivity contribution in [1.29, 1.82) is 0 Å². The van der Waals surface area contributed by atoms with E-state index in [1.54, 1.807) is 0 Å². The fraction of sp³-hybridized carbons (Fsp3) is 0.0909. The van der Waals surface area contributed by atoms with E-state index < -0.39 is 0 Å². The summed E-state index contributed by atoms with van der Waals surface area (Å²) in [6, 6.07) is 25.7. The van der Waals surface area contributed by atoms with Gasteiger partial charge in [0.25, 0.3) is 0 Å². The third-order valence-corrected chi connectivity index (χ3v) is 7.00. The summed E-state index contributed by atoms with van der Waals surface area (Å²) in [6.07, 6.45) is 0. The average Bonchev–Trinajstić information content (AvgIpc) is 2.89. The second-order valence-corrected chi connectivity index (χ2v) is 8.89. The second kappa shape index (κ2) is 6.72. The Kier molecular flexibility index (Phi) is 4.43. The molecule has 1 nitrogen and oxygen atoms in total. The van der Waals surface area contributed by atoms with Gasteiger partial charge in [0.05, 0.1) is 0 Å². The second-order valence-electron chi connectivity index (χ2n) is 6.18. The van der Waals surface area contributed by atoms with Gasteiger partial charge in [0.15, 0.2) is 0 Å². The monoisotopic (exact) mass is 411 g/mol. The molecule has 0 radical (unpaired) electrons. The van der Waals surface area contributed by atoms with Crippen LogP contribution < -0.4 is 8.92 Å². The molecule has 0 fully saturated rings. The van der Waals surface area contributed by atoms with Gasteiger partial charge in [-0.15, -0.1) is 0 Å². The van der Waals surface area contributed by atoms with E-state index in [4.69, 9.17) is 11.6 Å². The van der Waals surface area contributed by atoms with E-state index in [2.05, 4.69) is 85.3 Å². The topological polar surface area (TPSA) is 4.93 Å². The minimum absolute atomic E-state index is 0.211. The Morgan fingerprint density at radius 3 is 2.32 bits per heavy atom. The van der Waals surface area contributed by atoms with Crippen molar-refractivity contribution in [1.82, 2.24) is 4.57 Å². The molecule has 25 heavy (non-hydrogen) atoms. The van der Waals surface area contributed by atoms with Gasteiger partial charge in [-0.25, -0.2) is 0 Å². The molecule has 124 valence electrons. The van der Waals surface area contributed by atoms with Crippen LogP contribution in [0.15, 0.2) is 72.8 Å². The van der Waals surface area contributed by atoms with Gasteiger partial charge < -0.3 is 0 Å². The molecule has 0 unspecified atom stereocenters. The zero-order valence-electron chi connectivity index (χ0n) is 14.2. The van der Waals surface area contributed by atoms with E-state index in [0.717, 1.165) is 5.02 Å². The zero-order chi connectivity index (χ0) is 17.4. The van der Waals surface area contributed by atoms with E-state index in [0.29, 0.717) is 0 Å². The summed E-state index contributed by atoms with van der Waals surface area (Å²) in [7, 11) is 2.15. The van der Waals surface area contributed by atoms with Crippen molar-refractivity contribution in [2.75, 3.05) is 0 Å². The van der Waals surface area contributed by atoms with Crippen LogP contribution in [0.25, 0.3) is 22.2 Å². The fourth-order valence-corrected chi connectivity index (χ4v) is 5.68. The minimum atomic E-state index is 0.211. The van der Waals surface area contributed by atoms with Crippen molar-refractivity contribution in [3.8, 4) is 11.3 Å². The number of halogens is 1. The third-order valence-electron chi connectivity index (χ3n) is 4.40. The maximum absolute atomic E-state index is 6.32. The molecule has 1 aromatic heterocycles. The summed E-state index contributed by atoms with van der Waals surface area (Å²) in [5.74, 6) is 0. The van der Waals surface area contributed by atoms with Crippen LogP contribution in [0, 0.1) is 6.92 Å². The molecule has 0 atom stereocenters. The number of hydrogen-bond donors (Lipinski definition) is 0. The van der Waals surface area contributed by atoms with Gasteiger partial charge in [0.1, 0.15) is 0 Å². The fourth-order valence-electron chi connectivity index (χ4n) is 3.13. The molecule has 0 saturated heterocycles. The summed E-state index contributed by atoms with van der Waals surface area (Å²) in [6.45, 7) is 2.13. The Balaban J connectivity index is 1.96. The Morgan fingerprint density at radius 2 is 1.60 bits per heavy atom. The van der Waals surface area contributed by atoms with Gasteiger partial charge >= 0.3 is 160 Å². The number of hydrogen-bond acceptors (Lipinski definition) is 0. The van der Waals surface area contributed by atoms with Crippen LogP contribution in [-0.4, -0.2) is 19.5 Å². The molecule has 0 amide bonds. The van der Waals surface area contributed by atoms with E-state index in [1.807, 2.05) is 6.07 Å². The van der Waals surface area contributed by atoms with Crippen molar-refractivity contribution in [3.05, 3.63) is 83.4 Å². The van der Waals surface area contributed by atoms with Gasteiger partial charge in [-0.3, -0.25) is 0 Å². The molecule has 0 spiro atoms. The molecule has 3 aromatic carbocycles. The summed E-state index contributed by atoms with van der Waals surface area (Å²) in [5, 5.41) is 2.05. The predicted molar refractivity (Wildman–Crippen MR) is 110 cm³/mol. The van der Waals surface area contributed by atoms with Crippen molar-refractivity contribution in [3.63, 3.8) is 0 Å². The normalized spacial score (nSPS) is 11.2. The number of aryl methyl sites for hydroxylation is 2. The van der Waals surface area contributed by atoms with Gasteiger partial charge in [0.2, 0.25) is 0 Å². The molecule has 0 aliphatic rings. The van der Waals surface area contributed by atoms with Gasteiger partial charge in [-0.1, -0.05) is 0 Å². The number of rotatable bonds is 3. The van der Waals surface area contributed by atoms with Crippen LogP contribution in [0.2, 0.25) is 5.02 Å². The molecule has 3 heteroatoms. The van der Waals surface area contributed by atoms with Gasteiger partial charge in [-0.2, -0.15) is 0 Å². The number of fused-ring (bicyclic) bond motifs is 1. The van der Waals surface area contributed by atoms with E-state index in [9.17, 15) is 0 Å². The molecule has 1 heterocycles. The first-order valence-corrected chi connectivity index (χ1v) is 10.3. The SMILES string of the molecule is Cc1ccc([Se]c2c(-c3ccccc3)n(C)c3ccc(Cl)cc23)cc1. The Hall–Kier alpha value is -1.99. The van der Waals surface area contributed by atoms with E-state index in [1.165, 1.54) is 36.6 Å². The van der Waals surface area contributed by atoms with Crippen LogP contribution in [0.5, 0.6) is 0 Å². The summed E-state index contributed by atoms with van der Waals surface area (Å²) >= 11 is 6.53. The molecule has 0 N–H and O–H groups in total. The molecule has 4 aromatic rings. The zero-order valence-corrected chi connectivity index (χ0v) is 16.6. The molecule has 0 aliphatic heterocycles. The van der Waals surface area contributed by atoms with Crippen molar-refractivity contribution < 1.29 is 0 Å². The van der Waals surface area contributed by atoms with Crippen LogP contribution in [0.4, 0.5) is 0 Å². The summed E-state index contributed by atoms with van der Waals surface area (Å²) in [5.41, 5.74) is 5.07. The van der Waals surface area contributed by atoms with Crippen LogP contribution in [0.1, 0.15) is 5.56 Å². The van der Waals surface area contributed by atoms with Crippen LogP contribution >= 0.6 is 11.6 Å². The first-order chi connectivity index (χ1) is 12.1. The standard InChI is InChI=1S/C22H18ClNSe/c1-15-8-11-18(12-9-15)25-22-19-14-17(23)10-13-20(19)24(2)21(22)16-6-4-3-5-7-16/h3-14H,1-2H3. The third kappa shape index (κ3) is 3.14. The predicted octanol–water partition coefficient (Wildman–Crippen LogP) is 4.46. The van der Waals surface area contributed by atoms with Crippen molar-refractivity contribution in [2.45, 2.75) is 6.92 Å². The molecule has 4 rings (SSSR count). The molecule has 0 aliphatic carbocycles. The van der Waals surface area contributed by atoms with Gasteiger partial charge in [-0.05, 0) is 0 Å². The Morgan fingerprint density at radius 1 is 0.880 bits per heavy atom. The van der Waals surface area contributed by atoms with E-state index in [-0.39, 0.29) is 15.0 Å². The van der Waals surface area contributed by atoms with Crippen LogP contribution in [-0.2, 0) is 7.05 Å². The Bertz CT molecular complexity index is 1030. The van der Waals surface area contributed by atoms with E-state index >= 15 is 0 Å². The number of aromatic nitrogens is 1. The molecule has 0 bridgehead atoms. The first kappa shape index (κ1) is 16.5. The van der Waals surface area contributed by atoms with Crippen LogP contribution in [0.3, 0.4) is 0 Å². The van der Waals surface area contributed by atoms with Gasteiger partial charge in [0, 0.05) is 0 Å². The number of nitrogens with zero attached hydrogens (tertiary/aromatic N) is 1. The summed E-state index contributed by atoms with van der Waals surface area (Å²) < 4.78 is 5.07.